The molecule has 2 aromatic heterocycles. The van der Waals surface area contributed by atoms with Crippen LogP contribution in [0.5, 0.6) is 0 Å². The Labute approximate surface area is 181 Å². The van der Waals surface area contributed by atoms with Gasteiger partial charge in [0.25, 0.3) is 5.91 Å². The van der Waals surface area contributed by atoms with Crippen molar-refractivity contribution >= 4 is 11.4 Å². The second-order valence-corrected chi connectivity index (χ2v) is 8.00. The first-order valence-electron chi connectivity index (χ1n) is 10.7. The fraction of sp³-hybridized carbons (Fsp3) is 0.231. The average Bonchev–Trinajstić information content (AvgIpc) is 3.19. The van der Waals surface area contributed by atoms with Crippen LogP contribution < -0.4 is 0 Å². The largest absolute Gasteiger partial charge is 0.379 e. The van der Waals surface area contributed by atoms with Gasteiger partial charge in [0.1, 0.15) is 0 Å². The lowest BCUT2D eigenvalue weighted by Gasteiger charge is -2.25. The summed E-state index contributed by atoms with van der Waals surface area (Å²) in [5.74, 6) is 0.300. The Kier molecular flexibility index (Phi) is 5.50. The SMILES string of the molecule is O=C(c1ccccc1-c1ccccc1)N1CCOC[C@H](Cc2cccn3nccc23)C1. The number of hydrogen-bond donors (Lipinski definition) is 0. The van der Waals surface area contributed by atoms with Crippen LogP contribution in [0.3, 0.4) is 0 Å². The fourth-order valence-corrected chi connectivity index (χ4v) is 4.39. The molecule has 156 valence electrons. The number of pyridine rings is 1. The van der Waals surface area contributed by atoms with Gasteiger partial charge in [-0.15, -0.1) is 0 Å². The number of carbonyl (C=O) groups is 1. The first-order valence-corrected chi connectivity index (χ1v) is 10.7. The first kappa shape index (κ1) is 19.5. The van der Waals surface area contributed by atoms with E-state index in [1.54, 1.807) is 0 Å². The minimum absolute atomic E-state index is 0.0671. The summed E-state index contributed by atoms with van der Waals surface area (Å²) in [6.45, 7) is 2.50. The van der Waals surface area contributed by atoms with Crippen LogP contribution in [0.1, 0.15) is 15.9 Å². The van der Waals surface area contributed by atoms with Crippen LogP contribution in [0.25, 0.3) is 16.6 Å². The number of rotatable bonds is 4. The van der Waals surface area contributed by atoms with Crippen LogP contribution in [0.15, 0.2) is 85.2 Å². The van der Waals surface area contributed by atoms with E-state index in [0.29, 0.717) is 26.3 Å². The third-order valence-corrected chi connectivity index (χ3v) is 5.90. The summed E-state index contributed by atoms with van der Waals surface area (Å²) in [6, 6.07) is 24.2. The molecular formula is C26H25N3O2. The molecule has 5 nitrogen and oxygen atoms in total. The van der Waals surface area contributed by atoms with Crippen molar-refractivity contribution in [1.82, 2.24) is 14.5 Å². The van der Waals surface area contributed by atoms with Gasteiger partial charge in [-0.1, -0.05) is 54.6 Å². The summed E-state index contributed by atoms with van der Waals surface area (Å²) in [5.41, 5.74) is 5.11. The monoisotopic (exact) mass is 411 g/mol. The van der Waals surface area contributed by atoms with E-state index < -0.39 is 0 Å². The highest BCUT2D eigenvalue weighted by molar-refractivity contribution is 6.00. The van der Waals surface area contributed by atoms with E-state index in [0.717, 1.165) is 28.6 Å². The van der Waals surface area contributed by atoms with E-state index in [-0.39, 0.29) is 11.8 Å². The van der Waals surface area contributed by atoms with Gasteiger partial charge in [-0.3, -0.25) is 4.79 Å². The highest BCUT2D eigenvalue weighted by Crippen LogP contribution is 2.26. The molecular weight excluding hydrogens is 386 g/mol. The molecule has 0 bridgehead atoms. The van der Waals surface area contributed by atoms with Gasteiger partial charge in [0, 0.05) is 37.0 Å². The van der Waals surface area contributed by atoms with Gasteiger partial charge in [0.2, 0.25) is 0 Å². The lowest BCUT2D eigenvalue weighted by atomic mass is 9.97. The molecule has 1 amide bonds. The van der Waals surface area contributed by atoms with Crippen molar-refractivity contribution in [1.29, 1.82) is 0 Å². The van der Waals surface area contributed by atoms with E-state index in [4.69, 9.17) is 4.74 Å². The van der Waals surface area contributed by atoms with Crippen molar-refractivity contribution in [3.63, 3.8) is 0 Å². The molecule has 0 radical (unpaired) electrons. The zero-order valence-electron chi connectivity index (χ0n) is 17.4. The molecule has 1 fully saturated rings. The molecule has 0 N–H and O–H groups in total. The van der Waals surface area contributed by atoms with Crippen LogP contribution in [0, 0.1) is 5.92 Å². The summed E-state index contributed by atoms with van der Waals surface area (Å²) < 4.78 is 7.78. The standard InChI is InChI=1S/C26H25N3O2/c30-26(24-11-5-4-10-23(24)21-7-2-1-3-8-21)28-15-16-31-19-20(18-28)17-22-9-6-14-29-25(22)12-13-27-29/h1-14,20H,15-19H2/t20-/m1/s1. The van der Waals surface area contributed by atoms with E-state index in [2.05, 4.69) is 11.2 Å². The average molecular weight is 412 g/mol. The highest BCUT2D eigenvalue weighted by Gasteiger charge is 2.25. The minimum Gasteiger partial charge on any atom is -0.379 e. The third-order valence-electron chi connectivity index (χ3n) is 5.90. The van der Waals surface area contributed by atoms with E-state index in [1.165, 1.54) is 5.56 Å². The summed E-state index contributed by atoms with van der Waals surface area (Å²) in [6.07, 6.45) is 4.62. The Bertz CT molecular complexity index is 1190. The predicted molar refractivity (Wildman–Crippen MR) is 121 cm³/mol. The Balaban J connectivity index is 1.39. The molecule has 1 aliphatic rings. The molecule has 5 rings (SSSR count). The van der Waals surface area contributed by atoms with E-state index in [1.807, 2.05) is 88.5 Å². The maximum atomic E-state index is 13.6. The van der Waals surface area contributed by atoms with Crippen LogP contribution in [-0.4, -0.2) is 46.7 Å². The van der Waals surface area contributed by atoms with E-state index in [9.17, 15) is 4.79 Å². The van der Waals surface area contributed by atoms with E-state index >= 15 is 0 Å². The van der Waals surface area contributed by atoms with Crippen LogP contribution in [-0.2, 0) is 11.2 Å². The summed E-state index contributed by atoms with van der Waals surface area (Å²) in [4.78, 5) is 15.5. The Hall–Kier alpha value is -3.44. The Morgan fingerprint density at radius 1 is 1.00 bits per heavy atom. The second-order valence-electron chi connectivity index (χ2n) is 8.00. The van der Waals surface area contributed by atoms with Gasteiger partial charge in [0.05, 0.1) is 18.7 Å². The molecule has 0 saturated carbocycles. The predicted octanol–water partition coefficient (Wildman–Crippen LogP) is 4.33. The van der Waals surface area contributed by atoms with Crippen molar-refractivity contribution in [2.24, 2.45) is 5.92 Å². The molecule has 1 saturated heterocycles. The Morgan fingerprint density at radius 2 is 1.84 bits per heavy atom. The van der Waals surface area contributed by atoms with Gasteiger partial charge in [-0.2, -0.15) is 5.10 Å². The number of amides is 1. The zero-order chi connectivity index (χ0) is 21.0. The van der Waals surface area contributed by atoms with Crippen molar-refractivity contribution in [3.05, 3.63) is 96.3 Å². The topological polar surface area (TPSA) is 46.8 Å². The number of fused-ring (bicyclic) bond motifs is 1. The summed E-state index contributed by atoms with van der Waals surface area (Å²) >= 11 is 0. The fourth-order valence-electron chi connectivity index (χ4n) is 4.39. The first-order chi connectivity index (χ1) is 15.3. The molecule has 3 heterocycles. The van der Waals surface area contributed by atoms with Crippen molar-refractivity contribution in [3.8, 4) is 11.1 Å². The van der Waals surface area contributed by atoms with Crippen molar-refractivity contribution < 1.29 is 9.53 Å². The maximum Gasteiger partial charge on any atom is 0.254 e. The van der Waals surface area contributed by atoms with Gasteiger partial charge in [0.15, 0.2) is 0 Å². The maximum absolute atomic E-state index is 13.6. The minimum atomic E-state index is 0.0671. The zero-order valence-corrected chi connectivity index (χ0v) is 17.4. The Morgan fingerprint density at radius 3 is 2.74 bits per heavy atom. The normalized spacial score (nSPS) is 16.9. The number of benzene rings is 2. The van der Waals surface area contributed by atoms with Gasteiger partial charge in [-0.05, 0) is 41.3 Å². The molecule has 0 unspecified atom stereocenters. The molecule has 2 aromatic carbocycles. The van der Waals surface area contributed by atoms with Crippen LogP contribution in [0.4, 0.5) is 0 Å². The quantitative estimate of drug-likeness (QED) is 0.502. The molecule has 0 aliphatic carbocycles. The molecule has 1 atom stereocenters. The molecule has 31 heavy (non-hydrogen) atoms. The lowest BCUT2D eigenvalue weighted by molar-refractivity contribution is 0.0738. The molecule has 4 aromatic rings. The summed E-state index contributed by atoms with van der Waals surface area (Å²) in [5, 5.41) is 4.33. The number of ether oxygens (including phenoxy) is 1. The number of carbonyl (C=O) groups excluding carboxylic acids is 1. The van der Waals surface area contributed by atoms with Gasteiger partial charge >= 0.3 is 0 Å². The molecule has 0 spiro atoms. The van der Waals surface area contributed by atoms with Crippen molar-refractivity contribution in [2.45, 2.75) is 6.42 Å². The van der Waals surface area contributed by atoms with Crippen LogP contribution in [0.2, 0.25) is 0 Å². The summed E-state index contributed by atoms with van der Waals surface area (Å²) in [7, 11) is 0. The van der Waals surface area contributed by atoms with Crippen LogP contribution >= 0.6 is 0 Å². The second kappa shape index (κ2) is 8.74. The van der Waals surface area contributed by atoms with Gasteiger partial charge in [-0.25, -0.2) is 4.52 Å². The highest BCUT2D eigenvalue weighted by atomic mass is 16.5. The number of hydrogen-bond acceptors (Lipinski definition) is 3. The third kappa shape index (κ3) is 4.09. The smallest absolute Gasteiger partial charge is 0.254 e. The lowest BCUT2D eigenvalue weighted by Crippen LogP contribution is -2.36. The molecule has 5 heteroatoms. The van der Waals surface area contributed by atoms with Crippen molar-refractivity contribution in [2.75, 3.05) is 26.3 Å². The number of aromatic nitrogens is 2. The number of nitrogens with zero attached hydrogens (tertiary/aromatic N) is 3. The van der Waals surface area contributed by atoms with Gasteiger partial charge < -0.3 is 9.64 Å². The molecule has 1 aliphatic heterocycles.